The average molecular weight is 280 g/mol. The zero-order chi connectivity index (χ0) is 14.8. The molecular formula is C19H20O2. The van der Waals surface area contributed by atoms with Crippen molar-refractivity contribution in [2.45, 2.75) is 31.6 Å². The van der Waals surface area contributed by atoms with Crippen LogP contribution in [0, 0.1) is 0 Å². The van der Waals surface area contributed by atoms with Crippen LogP contribution in [0.4, 0.5) is 0 Å². The van der Waals surface area contributed by atoms with E-state index in [4.69, 9.17) is 0 Å². The van der Waals surface area contributed by atoms with Gasteiger partial charge in [-0.2, -0.15) is 0 Å². The average Bonchev–Trinajstić information content (AvgIpc) is 2.68. The summed E-state index contributed by atoms with van der Waals surface area (Å²) >= 11 is 0. The van der Waals surface area contributed by atoms with E-state index in [1.54, 1.807) is 18.2 Å². The van der Waals surface area contributed by atoms with Crippen molar-refractivity contribution in [1.82, 2.24) is 0 Å². The van der Waals surface area contributed by atoms with Gasteiger partial charge in [0.1, 0.15) is 11.5 Å². The molecule has 1 unspecified atom stereocenters. The molecule has 2 aromatic carbocycles. The molecule has 1 aliphatic carbocycles. The minimum absolute atomic E-state index is 0.285. The number of phenols is 2. The molecule has 2 N–H and O–H groups in total. The van der Waals surface area contributed by atoms with E-state index in [-0.39, 0.29) is 5.75 Å². The molecule has 0 amide bonds. The quantitative estimate of drug-likeness (QED) is 0.800. The summed E-state index contributed by atoms with van der Waals surface area (Å²) in [5.41, 5.74) is 4.85. The third kappa shape index (κ3) is 2.80. The Kier molecular flexibility index (Phi) is 3.70. The fraction of sp³-hybridized carbons (Fsp3) is 0.263. The predicted octanol–water partition coefficient (Wildman–Crippen LogP) is 4.40. The van der Waals surface area contributed by atoms with Crippen LogP contribution in [-0.4, -0.2) is 10.2 Å². The molecular weight excluding hydrogens is 260 g/mol. The number of rotatable bonds is 2. The Morgan fingerprint density at radius 1 is 1.00 bits per heavy atom. The molecule has 0 aliphatic heterocycles. The second kappa shape index (κ2) is 5.65. The highest BCUT2D eigenvalue weighted by molar-refractivity contribution is 5.56. The molecule has 2 aromatic rings. The highest BCUT2D eigenvalue weighted by Gasteiger charge is 2.20. The lowest BCUT2D eigenvalue weighted by Gasteiger charge is -2.18. The maximum atomic E-state index is 9.64. The number of aryl methyl sites for hydroxylation is 1. The van der Waals surface area contributed by atoms with Crippen LogP contribution in [0.2, 0.25) is 0 Å². The van der Waals surface area contributed by atoms with Gasteiger partial charge < -0.3 is 10.2 Å². The molecule has 0 saturated heterocycles. The van der Waals surface area contributed by atoms with Crippen molar-refractivity contribution in [2.24, 2.45) is 0 Å². The fourth-order valence-corrected chi connectivity index (χ4v) is 3.33. The Hall–Kier alpha value is -2.22. The van der Waals surface area contributed by atoms with Gasteiger partial charge in [0.2, 0.25) is 0 Å². The van der Waals surface area contributed by atoms with E-state index in [2.05, 4.69) is 6.58 Å². The summed E-state index contributed by atoms with van der Waals surface area (Å²) in [5, 5.41) is 19.3. The van der Waals surface area contributed by atoms with Crippen LogP contribution in [-0.2, 0) is 12.8 Å². The van der Waals surface area contributed by atoms with Crippen molar-refractivity contribution < 1.29 is 10.2 Å². The van der Waals surface area contributed by atoms with E-state index in [1.807, 2.05) is 24.3 Å². The first kappa shape index (κ1) is 13.7. The fourth-order valence-electron chi connectivity index (χ4n) is 3.33. The number of aromatic hydroxyl groups is 2. The summed E-state index contributed by atoms with van der Waals surface area (Å²) in [7, 11) is 0. The third-order valence-electron chi connectivity index (χ3n) is 4.38. The number of phenolic OH excluding ortho intramolecular Hbond substituents is 2. The highest BCUT2D eigenvalue weighted by Crippen LogP contribution is 2.35. The zero-order valence-electron chi connectivity index (χ0n) is 12.0. The van der Waals surface area contributed by atoms with Crippen molar-refractivity contribution in [1.29, 1.82) is 0 Å². The van der Waals surface area contributed by atoms with Crippen LogP contribution in [0.15, 0.2) is 43.0 Å². The molecule has 3 rings (SSSR count). The topological polar surface area (TPSA) is 40.5 Å². The van der Waals surface area contributed by atoms with E-state index < -0.39 is 0 Å². The van der Waals surface area contributed by atoms with Crippen molar-refractivity contribution >= 4 is 6.08 Å². The smallest absolute Gasteiger partial charge is 0.116 e. The van der Waals surface area contributed by atoms with E-state index in [1.165, 1.54) is 16.7 Å². The summed E-state index contributed by atoms with van der Waals surface area (Å²) in [6, 6.07) is 11.3. The van der Waals surface area contributed by atoms with Gasteiger partial charge >= 0.3 is 0 Å². The molecule has 0 bridgehead atoms. The summed E-state index contributed by atoms with van der Waals surface area (Å²) in [6.45, 7) is 3.86. The van der Waals surface area contributed by atoms with Crippen LogP contribution in [0.5, 0.6) is 11.5 Å². The van der Waals surface area contributed by atoms with Crippen molar-refractivity contribution in [2.75, 3.05) is 0 Å². The largest absolute Gasteiger partial charge is 0.508 e. The minimum Gasteiger partial charge on any atom is -0.508 e. The van der Waals surface area contributed by atoms with Gasteiger partial charge in [-0.05, 0) is 78.1 Å². The molecule has 0 fully saturated rings. The molecule has 21 heavy (non-hydrogen) atoms. The molecule has 1 aliphatic rings. The first-order valence-electron chi connectivity index (χ1n) is 7.43. The number of hydrogen-bond donors (Lipinski definition) is 2. The number of benzene rings is 2. The second-order valence-corrected chi connectivity index (χ2v) is 5.76. The standard InChI is InChI=1S/C19H20O2/c1-2-13-11-18(21)8-9-19(13)16-5-3-4-14-12-17(20)7-6-15(14)10-16/h2,6-9,11-12,16,20-21H,1,3-5,10H2. The molecule has 0 saturated carbocycles. The number of fused-ring (bicyclic) bond motifs is 1. The summed E-state index contributed by atoms with van der Waals surface area (Å²) in [6.07, 6.45) is 6.03. The van der Waals surface area contributed by atoms with Crippen LogP contribution in [0.1, 0.15) is 41.0 Å². The lowest BCUT2D eigenvalue weighted by molar-refractivity contribution is 0.473. The van der Waals surface area contributed by atoms with Gasteiger partial charge in [0.25, 0.3) is 0 Å². The van der Waals surface area contributed by atoms with Gasteiger partial charge in [0.05, 0.1) is 0 Å². The molecule has 0 spiro atoms. The van der Waals surface area contributed by atoms with Crippen LogP contribution in [0.25, 0.3) is 6.08 Å². The second-order valence-electron chi connectivity index (χ2n) is 5.76. The molecule has 108 valence electrons. The van der Waals surface area contributed by atoms with E-state index >= 15 is 0 Å². The van der Waals surface area contributed by atoms with Gasteiger partial charge in [-0.3, -0.25) is 0 Å². The normalized spacial score (nSPS) is 17.8. The predicted molar refractivity (Wildman–Crippen MR) is 85.7 cm³/mol. The molecule has 1 atom stereocenters. The Bertz CT molecular complexity index is 673. The first-order valence-corrected chi connectivity index (χ1v) is 7.43. The summed E-state index contributed by atoms with van der Waals surface area (Å²) in [4.78, 5) is 0. The minimum atomic E-state index is 0.285. The Morgan fingerprint density at radius 2 is 1.76 bits per heavy atom. The van der Waals surface area contributed by atoms with E-state index in [9.17, 15) is 10.2 Å². The maximum absolute atomic E-state index is 9.64. The lowest BCUT2D eigenvalue weighted by Crippen LogP contribution is -2.04. The summed E-state index contributed by atoms with van der Waals surface area (Å²) in [5.74, 6) is 1.07. The Morgan fingerprint density at radius 3 is 2.57 bits per heavy atom. The SMILES string of the molecule is C=Cc1cc(O)ccc1C1CCCc2cc(O)ccc2C1. The molecule has 2 heteroatoms. The Balaban J connectivity index is 1.97. The van der Waals surface area contributed by atoms with E-state index in [0.717, 1.165) is 31.2 Å². The van der Waals surface area contributed by atoms with Crippen LogP contribution >= 0.6 is 0 Å². The molecule has 0 radical (unpaired) electrons. The van der Waals surface area contributed by atoms with Gasteiger partial charge in [0, 0.05) is 0 Å². The molecule has 0 aromatic heterocycles. The highest BCUT2D eigenvalue weighted by atomic mass is 16.3. The first-order chi connectivity index (χ1) is 10.2. The van der Waals surface area contributed by atoms with Crippen molar-refractivity contribution in [3.63, 3.8) is 0 Å². The van der Waals surface area contributed by atoms with Gasteiger partial charge in [-0.1, -0.05) is 24.8 Å². The summed E-state index contributed by atoms with van der Waals surface area (Å²) < 4.78 is 0. The monoisotopic (exact) mass is 280 g/mol. The van der Waals surface area contributed by atoms with Crippen molar-refractivity contribution in [3.05, 3.63) is 65.2 Å². The van der Waals surface area contributed by atoms with Crippen LogP contribution < -0.4 is 0 Å². The van der Waals surface area contributed by atoms with Crippen LogP contribution in [0.3, 0.4) is 0 Å². The third-order valence-corrected chi connectivity index (χ3v) is 4.38. The number of hydrogen-bond acceptors (Lipinski definition) is 2. The lowest BCUT2D eigenvalue weighted by atomic mass is 9.87. The van der Waals surface area contributed by atoms with E-state index in [0.29, 0.717) is 11.7 Å². The zero-order valence-corrected chi connectivity index (χ0v) is 12.0. The Labute approximate surface area is 125 Å². The van der Waals surface area contributed by atoms with Gasteiger partial charge in [0.15, 0.2) is 0 Å². The molecule has 2 nitrogen and oxygen atoms in total. The van der Waals surface area contributed by atoms with Gasteiger partial charge in [-0.25, -0.2) is 0 Å². The molecule has 0 heterocycles. The van der Waals surface area contributed by atoms with Gasteiger partial charge in [-0.15, -0.1) is 0 Å². The maximum Gasteiger partial charge on any atom is 0.116 e. The van der Waals surface area contributed by atoms with Crippen molar-refractivity contribution in [3.8, 4) is 11.5 Å².